The van der Waals surface area contributed by atoms with Crippen molar-refractivity contribution in [2.24, 2.45) is 0 Å². The first-order valence-corrected chi connectivity index (χ1v) is 6.14. The second-order valence-corrected chi connectivity index (χ2v) is 4.29. The predicted molar refractivity (Wildman–Crippen MR) is 78.8 cm³/mol. The van der Waals surface area contributed by atoms with Gasteiger partial charge in [0.25, 0.3) is 5.69 Å². The van der Waals surface area contributed by atoms with Gasteiger partial charge in [-0.2, -0.15) is 0 Å². The van der Waals surface area contributed by atoms with Crippen molar-refractivity contribution in [2.45, 2.75) is 6.61 Å². The highest BCUT2D eigenvalue weighted by molar-refractivity contribution is 5.70. The molecule has 0 aliphatic carbocycles. The van der Waals surface area contributed by atoms with Gasteiger partial charge in [-0.15, -0.1) is 0 Å². The zero-order valence-corrected chi connectivity index (χ0v) is 11.7. The molecule has 0 saturated heterocycles. The lowest BCUT2D eigenvalue weighted by Crippen LogP contribution is -2.03. The van der Waals surface area contributed by atoms with Crippen molar-refractivity contribution in [3.63, 3.8) is 0 Å². The zero-order valence-electron chi connectivity index (χ0n) is 11.7. The molecule has 3 N–H and O–H groups in total. The van der Waals surface area contributed by atoms with Crippen LogP contribution in [0.5, 0.6) is 0 Å². The van der Waals surface area contributed by atoms with Gasteiger partial charge in [-0.05, 0) is 11.6 Å². The number of nitrogens with one attached hydrogen (secondary N) is 1. The van der Waals surface area contributed by atoms with Crippen molar-refractivity contribution in [2.75, 3.05) is 25.2 Å². The highest BCUT2D eigenvalue weighted by atomic mass is 16.6. The Kier molecular flexibility index (Phi) is 4.29. The second-order valence-electron chi connectivity index (χ2n) is 4.29. The molecule has 1 aromatic carbocycles. The number of aromatic nitrogens is 2. The van der Waals surface area contributed by atoms with Gasteiger partial charge in [0.2, 0.25) is 0 Å². The van der Waals surface area contributed by atoms with E-state index in [4.69, 9.17) is 10.5 Å². The maximum absolute atomic E-state index is 11.3. The predicted octanol–water partition coefficient (Wildman–Crippen LogP) is 1.82. The third kappa shape index (κ3) is 3.23. The minimum atomic E-state index is -0.472. The van der Waals surface area contributed by atoms with Gasteiger partial charge in [0.15, 0.2) is 5.82 Å². The first-order chi connectivity index (χ1) is 10.0. The molecule has 0 aliphatic heterocycles. The summed E-state index contributed by atoms with van der Waals surface area (Å²) in [6, 6.07) is 6.33. The molecule has 8 heteroatoms. The Morgan fingerprint density at radius 3 is 2.76 bits per heavy atom. The number of anilines is 2. The molecule has 2 rings (SSSR count). The van der Waals surface area contributed by atoms with E-state index < -0.39 is 4.92 Å². The Bertz CT molecular complexity index is 675. The number of nitrogens with two attached hydrogens (primary N) is 1. The fourth-order valence-electron chi connectivity index (χ4n) is 1.89. The maximum atomic E-state index is 11.3. The van der Waals surface area contributed by atoms with Gasteiger partial charge in [0, 0.05) is 26.3 Å². The van der Waals surface area contributed by atoms with Crippen molar-refractivity contribution >= 4 is 17.3 Å². The van der Waals surface area contributed by atoms with Crippen LogP contribution in [0, 0.1) is 10.1 Å². The van der Waals surface area contributed by atoms with Crippen LogP contribution in [-0.2, 0) is 11.3 Å². The third-order valence-electron chi connectivity index (χ3n) is 2.81. The summed E-state index contributed by atoms with van der Waals surface area (Å²) in [6.07, 6.45) is 0. The van der Waals surface area contributed by atoms with E-state index in [1.54, 1.807) is 25.2 Å². The fraction of sp³-hybridized carbons (Fsp3) is 0.231. The Balaban J connectivity index is 2.57. The van der Waals surface area contributed by atoms with Crippen LogP contribution in [0.15, 0.2) is 24.3 Å². The first kappa shape index (κ1) is 14.7. The second kappa shape index (κ2) is 6.14. The standard InChI is InChI=1S/C13H15N5O3/c1-15-12-6-11(14)16-13(17-12)9-4-3-8(7-21-2)5-10(9)18(19)20/h3-6H,7H2,1-2H3,(H3,14,15,16,17). The Morgan fingerprint density at radius 2 is 2.14 bits per heavy atom. The number of ether oxygens (including phenoxy) is 1. The molecule has 0 fully saturated rings. The Hall–Kier alpha value is -2.74. The number of hydrogen-bond acceptors (Lipinski definition) is 7. The van der Waals surface area contributed by atoms with Crippen LogP contribution >= 0.6 is 0 Å². The molecule has 0 aliphatic rings. The summed E-state index contributed by atoms with van der Waals surface area (Å²) in [5.74, 6) is 0.933. The summed E-state index contributed by atoms with van der Waals surface area (Å²) in [7, 11) is 3.21. The van der Waals surface area contributed by atoms with Crippen LogP contribution in [-0.4, -0.2) is 29.0 Å². The molecule has 0 spiro atoms. The van der Waals surface area contributed by atoms with Gasteiger partial charge in [-0.3, -0.25) is 10.1 Å². The number of benzene rings is 1. The topological polar surface area (TPSA) is 116 Å². The lowest BCUT2D eigenvalue weighted by molar-refractivity contribution is -0.384. The van der Waals surface area contributed by atoms with E-state index in [1.165, 1.54) is 13.2 Å². The van der Waals surface area contributed by atoms with E-state index in [0.29, 0.717) is 23.6 Å². The monoisotopic (exact) mass is 289 g/mol. The van der Waals surface area contributed by atoms with Gasteiger partial charge in [0.1, 0.15) is 11.6 Å². The molecule has 8 nitrogen and oxygen atoms in total. The number of nitro benzene ring substituents is 1. The van der Waals surface area contributed by atoms with Crippen LogP contribution in [0.1, 0.15) is 5.56 Å². The number of rotatable bonds is 5. The van der Waals surface area contributed by atoms with E-state index in [2.05, 4.69) is 15.3 Å². The largest absolute Gasteiger partial charge is 0.384 e. The maximum Gasteiger partial charge on any atom is 0.280 e. The van der Waals surface area contributed by atoms with Crippen LogP contribution in [0.2, 0.25) is 0 Å². The van der Waals surface area contributed by atoms with Gasteiger partial charge >= 0.3 is 0 Å². The highest BCUT2D eigenvalue weighted by Gasteiger charge is 2.19. The molecule has 1 aromatic heterocycles. The average molecular weight is 289 g/mol. The fourth-order valence-corrected chi connectivity index (χ4v) is 1.89. The molecule has 0 radical (unpaired) electrons. The van der Waals surface area contributed by atoms with Crippen molar-refractivity contribution in [1.82, 2.24) is 9.97 Å². The van der Waals surface area contributed by atoms with Gasteiger partial charge in [-0.25, -0.2) is 9.97 Å². The van der Waals surface area contributed by atoms with Crippen molar-refractivity contribution in [1.29, 1.82) is 0 Å². The highest BCUT2D eigenvalue weighted by Crippen LogP contribution is 2.30. The number of nitrogen functional groups attached to an aromatic ring is 1. The summed E-state index contributed by atoms with van der Waals surface area (Å²) in [5, 5.41) is 14.1. The molecule has 2 aromatic rings. The molecule has 110 valence electrons. The van der Waals surface area contributed by atoms with Gasteiger partial charge in [0.05, 0.1) is 17.1 Å². The summed E-state index contributed by atoms with van der Waals surface area (Å²) in [6.45, 7) is 0.292. The number of nitro groups is 1. The van der Waals surface area contributed by atoms with Gasteiger partial charge < -0.3 is 15.8 Å². The van der Waals surface area contributed by atoms with Gasteiger partial charge in [-0.1, -0.05) is 6.07 Å². The van der Waals surface area contributed by atoms with Crippen LogP contribution < -0.4 is 11.1 Å². The van der Waals surface area contributed by atoms with Crippen LogP contribution in [0.25, 0.3) is 11.4 Å². The molecule has 0 unspecified atom stereocenters. The summed E-state index contributed by atoms with van der Waals surface area (Å²) in [4.78, 5) is 19.0. The Labute approximate surface area is 121 Å². The minimum absolute atomic E-state index is 0.0859. The normalized spacial score (nSPS) is 10.4. The summed E-state index contributed by atoms with van der Waals surface area (Å²) in [5.41, 5.74) is 6.62. The summed E-state index contributed by atoms with van der Waals surface area (Å²) < 4.78 is 4.98. The van der Waals surface area contributed by atoms with E-state index in [0.717, 1.165) is 0 Å². The molecule has 0 saturated carbocycles. The van der Waals surface area contributed by atoms with E-state index >= 15 is 0 Å². The molecular formula is C13H15N5O3. The summed E-state index contributed by atoms with van der Waals surface area (Å²) >= 11 is 0. The molecule has 0 bridgehead atoms. The lowest BCUT2D eigenvalue weighted by Gasteiger charge is -2.07. The van der Waals surface area contributed by atoms with E-state index in [-0.39, 0.29) is 17.3 Å². The molecule has 0 amide bonds. The van der Waals surface area contributed by atoms with E-state index in [1.807, 2.05) is 0 Å². The molecular weight excluding hydrogens is 274 g/mol. The number of nitrogens with zero attached hydrogens (tertiary/aromatic N) is 3. The number of methoxy groups -OCH3 is 1. The first-order valence-electron chi connectivity index (χ1n) is 6.14. The van der Waals surface area contributed by atoms with Crippen molar-refractivity contribution in [3.05, 3.63) is 39.9 Å². The third-order valence-corrected chi connectivity index (χ3v) is 2.81. The zero-order chi connectivity index (χ0) is 15.4. The quantitative estimate of drug-likeness (QED) is 0.637. The van der Waals surface area contributed by atoms with E-state index in [9.17, 15) is 10.1 Å². The number of hydrogen-bond donors (Lipinski definition) is 2. The average Bonchev–Trinajstić information content (AvgIpc) is 2.46. The molecule has 0 atom stereocenters. The SMILES string of the molecule is CNc1cc(N)nc(-c2ccc(COC)cc2[N+](=O)[O-])n1. The lowest BCUT2D eigenvalue weighted by atomic mass is 10.1. The minimum Gasteiger partial charge on any atom is -0.384 e. The smallest absolute Gasteiger partial charge is 0.280 e. The Morgan fingerprint density at radius 1 is 1.38 bits per heavy atom. The van der Waals surface area contributed by atoms with Crippen molar-refractivity contribution < 1.29 is 9.66 Å². The van der Waals surface area contributed by atoms with Crippen LogP contribution in [0.4, 0.5) is 17.3 Å². The van der Waals surface area contributed by atoms with Crippen molar-refractivity contribution in [3.8, 4) is 11.4 Å². The van der Waals surface area contributed by atoms with Crippen LogP contribution in [0.3, 0.4) is 0 Å². The molecule has 21 heavy (non-hydrogen) atoms. The molecule has 1 heterocycles.